The fourth-order valence-electron chi connectivity index (χ4n) is 1.36. The first-order chi connectivity index (χ1) is 7.66. The molecule has 2 aromatic rings. The molecule has 1 aromatic carbocycles. The standard InChI is InChI=1S/C10H11N5S/c11-8-3-1-2-4-9(8)15-6-7(5-13-15)14-10(12)16/h1-6H,11H2,(H3,12,14,16). The first kappa shape index (κ1) is 10.4. The number of hydrogen-bond donors (Lipinski definition) is 3. The van der Waals surface area contributed by atoms with Gasteiger partial charge in [-0.1, -0.05) is 12.1 Å². The van der Waals surface area contributed by atoms with Crippen LogP contribution in [0.15, 0.2) is 36.7 Å². The number of benzene rings is 1. The zero-order chi connectivity index (χ0) is 11.5. The predicted octanol–water partition coefficient (Wildman–Crippen LogP) is 1.11. The molecular weight excluding hydrogens is 222 g/mol. The van der Waals surface area contributed by atoms with Crippen molar-refractivity contribution in [2.75, 3.05) is 11.1 Å². The van der Waals surface area contributed by atoms with Crippen LogP contribution in [-0.4, -0.2) is 14.9 Å². The van der Waals surface area contributed by atoms with Crippen molar-refractivity contribution in [2.24, 2.45) is 5.73 Å². The van der Waals surface area contributed by atoms with Gasteiger partial charge in [-0.15, -0.1) is 0 Å². The maximum absolute atomic E-state index is 5.83. The summed E-state index contributed by atoms with van der Waals surface area (Å²) >= 11 is 4.73. The third-order valence-corrected chi connectivity index (χ3v) is 2.14. The van der Waals surface area contributed by atoms with Crippen LogP contribution in [0, 0.1) is 0 Å². The Labute approximate surface area is 98.0 Å². The normalized spacial score (nSPS) is 10.0. The fraction of sp³-hybridized carbons (Fsp3) is 0. The van der Waals surface area contributed by atoms with E-state index in [1.807, 2.05) is 24.3 Å². The quantitative estimate of drug-likeness (QED) is 0.534. The molecule has 2 rings (SSSR count). The van der Waals surface area contributed by atoms with Crippen LogP contribution in [0.4, 0.5) is 11.4 Å². The molecule has 0 aliphatic rings. The maximum Gasteiger partial charge on any atom is 0.168 e. The van der Waals surface area contributed by atoms with Crippen LogP contribution >= 0.6 is 12.2 Å². The second-order valence-electron chi connectivity index (χ2n) is 3.22. The molecule has 1 aromatic heterocycles. The molecule has 0 unspecified atom stereocenters. The first-order valence-corrected chi connectivity index (χ1v) is 5.03. The van der Waals surface area contributed by atoms with Crippen LogP contribution in [0.1, 0.15) is 0 Å². The SMILES string of the molecule is NC(=S)Nc1cnn(-c2ccccc2N)c1. The van der Waals surface area contributed by atoms with E-state index < -0.39 is 0 Å². The van der Waals surface area contributed by atoms with Crippen LogP contribution in [0.2, 0.25) is 0 Å². The van der Waals surface area contributed by atoms with E-state index in [-0.39, 0.29) is 5.11 Å². The molecule has 0 atom stereocenters. The van der Waals surface area contributed by atoms with Crippen LogP contribution in [0.5, 0.6) is 0 Å². The Hall–Kier alpha value is -2.08. The maximum atomic E-state index is 5.83. The van der Waals surface area contributed by atoms with Crippen molar-refractivity contribution >= 4 is 28.7 Å². The molecule has 16 heavy (non-hydrogen) atoms. The summed E-state index contributed by atoms with van der Waals surface area (Å²) in [6.45, 7) is 0. The molecule has 0 amide bonds. The van der Waals surface area contributed by atoms with Gasteiger partial charge in [-0.25, -0.2) is 4.68 Å². The summed E-state index contributed by atoms with van der Waals surface area (Å²) in [5, 5.41) is 7.17. The van der Waals surface area contributed by atoms with E-state index in [1.54, 1.807) is 17.1 Å². The zero-order valence-electron chi connectivity index (χ0n) is 8.42. The van der Waals surface area contributed by atoms with E-state index in [0.717, 1.165) is 11.4 Å². The Bertz CT molecular complexity index is 519. The van der Waals surface area contributed by atoms with Crippen molar-refractivity contribution < 1.29 is 0 Å². The number of aromatic nitrogens is 2. The van der Waals surface area contributed by atoms with Gasteiger partial charge in [0.25, 0.3) is 0 Å². The summed E-state index contributed by atoms with van der Waals surface area (Å²) in [7, 11) is 0. The molecule has 0 aliphatic heterocycles. The van der Waals surface area contributed by atoms with Crippen LogP contribution in [0.3, 0.4) is 0 Å². The average molecular weight is 233 g/mol. The minimum absolute atomic E-state index is 0.209. The van der Waals surface area contributed by atoms with E-state index in [1.165, 1.54) is 0 Å². The molecule has 5 N–H and O–H groups in total. The Balaban J connectivity index is 2.32. The molecule has 0 fully saturated rings. The van der Waals surface area contributed by atoms with Crippen molar-refractivity contribution in [3.05, 3.63) is 36.7 Å². The Kier molecular flexibility index (Phi) is 2.74. The highest BCUT2D eigenvalue weighted by atomic mass is 32.1. The van der Waals surface area contributed by atoms with Crippen LogP contribution in [0.25, 0.3) is 5.69 Å². The molecule has 0 bridgehead atoms. The van der Waals surface area contributed by atoms with Gasteiger partial charge in [0.2, 0.25) is 0 Å². The monoisotopic (exact) mass is 233 g/mol. The number of nitrogens with zero attached hydrogens (tertiary/aromatic N) is 2. The van der Waals surface area contributed by atoms with Gasteiger partial charge in [0.1, 0.15) is 0 Å². The number of hydrogen-bond acceptors (Lipinski definition) is 3. The number of nitrogens with two attached hydrogens (primary N) is 2. The molecule has 0 saturated heterocycles. The lowest BCUT2D eigenvalue weighted by molar-refractivity contribution is 0.883. The van der Waals surface area contributed by atoms with E-state index >= 15 is 0 Å². The number of para-hydroxylation sites is 2. The summed E-state index contributed by atoms with van der Waals surface area (Å²) < 4.78 is 1.66. The Morgan fingerprint density at radius 1 is 1.38 bits per heavy atom. The molecule has 0 saturated carbocycles. The van der Waals surface area contributed by atoms with Gasteiger partial charge >= 0.3 is 0 Å². The van der Waals surface area contributed by atoms with Crippen LogP contribution < -0.4 is 16.8 Å². The zero-order valence-corrected chi connectivity index (χ0v) is 9.24. The topological polar surface area (TPSA) is 81.9 Å². The lowest BCUT2D eigenvalue weighted by atomic mass is 10.3. The van der Waals surface area contributed by atoms with Crippen molar-refractivity contribution in [3.63, 3.8) is 0 Å². The summed E-state index contributed by atoms with van der Waals surface area (Å²) in [6.07, 6.45) is 3.40. The van der Waals surface area contributed by atoms with E-state index in [4.69, 9.17) is 23.7 Å². The summed E-state index contributed by atoms with van der Waals surface area (Å²) in [4.78, 5) is 0. The lowest BCUT2D eigenvalue weighted by Gasteiger charge is -2.04. The van der Waals surface area contributed by atoms with Crippen molar-refractivity contribution in [3.8, 4) is 5.69 Å². The minimum Gasteiger partial charge on any atom is -0.397 e. The molecule has 0 aliphatic carbocycles. The van der Waals surface area contributed by atoms with E-state index in [2.05, 4.69) is 10.4 Å². The van der Waals surface area contributed by atoms with Gasteiger partial charge < -0.3 is 16.8 Å². The molecule has 82 valence electrons. The van der Waals surface area contributed by atoms with Crippen molar-refractivity contribution in [1.82, 2.24) is 9.78 Å². The van der Waals surface area contributed by atoms with Gasteiger partial charge in [-0.2, -0.15) is 5.10 Å². The highest BCUT2D eigenvalue weighted by Gasteiger charge is 2.03. The second-order valence-corrected chi connectivity index (χ2v) is 3.66. The number of anilines is 2. The fourth-order valence-corrected chi connectivity index (χ4v) is 1.48. The van der Waals surface area contributed by atoms with Crippen molar-refractivity contribution in [2.45, 2.75) is 0 Å². The van der Waals surface area contributed by atoms with Crippen LogP contribution in [-0.2, 0) is 0 Å². The van der Waals surface area contributed by atoms with Gasteiger partial charge in [-0.05, 0) is 24.4 Å². The summed E-state index contributed by atoms with van der Waals surface area (Å²) in [5.41, 5.74) is 13.4. The molecular formula is C10H11N5S. The molecule has 1 heterocycles. The molecule has 5 nitrogen and oxygen atoms in total. The lowest BCUT2D eigenvalue weighted by Crippen LogP contribution is -2.18. The largest absolute Gasteiger partial charge is 0.397 e. The minimum atomic E-state index is 0.209. The number of nitrogens with one attached hydrogen (secondary N) is 1. The third-order valence-electron chi connectivity index (χ3n) is 2.03. The molecule has 0 radical (unpaired) electrons. The van der Waals surface area contributed by atoms with Gasteiger partial charge in [0.05, 0.1) is 29.5 Å². The van der Waals surface area contributed by atoms with Gasteiger partial charge in [-0.3, -0.25) is 0 Å². The predicted molar refractivity (Wildman–Crippen MR) is 68.4 cm³/mol. The van der Waals surface area contributed by atoms with E-state index in [0.29, 0.717) is 5.69 Å². The van der Waals surface area contributed by atoms with Gasteiger partial charge in [0.15, 0.2) is 5.11 Å². The molecule has 6 heteroatoms. The number of nitrogen functional groups attached to an aromatic ring is 1. The summed E-state index contributed by atoms with van der Waals surface area (Å²) in [6, 6.07) is 7.47. The number of rotatable bonds is 2. The first-order valence-electron chi connectivity index (χ1n) is 4.63. The van der Waals surface area contributed by atoms with E-state index in [9.17, 15) is 0 Å². The molecule has 0 spiro atoms. The third kappa shape index (κ3) is 2.12. The average Bonchev–Trinajstić information content (AvgIpc) is 2.66. The second kappa shape index (κ2) is 4.19. The highest BCUT2D eigenvalue weighted by molar-refractivity contribution is 7.80. The van der Waals surface area contributed by atoms with Gasteiger partial charge in [0, 0.05) is 0 Å². The number of thiocarbonyl (C=S) groups is 1. The van der Waals surface area contributed by atoms with Crippen molar-refractivity contribution in [1.29, 1.82) is 0 Å². The smallest absolute Gasteiger partial charge is 0.168 e. The Morgan fingerprint density at radius 2 is 2.12 bits per heavy atom. The Morgan fingerprint density at radius 3 is 2.81 bits per heavy atom. The summed E-state index contributed by atoms with van der Waals surface area (Å²) in [5.74, 6) is 0. The highest BCUT2D eigenvalue weighted by Crippen LogP contribution is 2.17.